The summed E-state index contributed by atoms with van der Waals surface area (Å²) in [5, 5.41) is 15.8. The van der Waals surface area contributed by atoms with Crippen LogP contribution in [0.4, 0.5) is 0 Å². The van der Waals surface area contributed by atoms with Gasteiger partial charge in [0.15, 0.2) is 0 Å². The Hall–Kier alpha value is -0.800. The molecule has 3 N–H and O–H groups in total. The van der Waals surface area contributed by atoms with Crippen LogP contribution in [0.5, 0.6) is 0 Å². The van der Waals surface area contributed by atoms with Crippen LogP contribution >= 0.6 is 21.6 Å². The molecule has 0 unspecified atom stereocenters. The van der Waals surface area contributed by atoms with E-state index in [4.69, 9.17) is 10.2 Å². The maximum absolute atomic E-state index is 9.80. The number of aromatic nitrogens is 1. The molecule has 0 spiro atoms. The molecule has 0 fully saturated rings. The van der Waals surface area contributed by atoms with Gasteiger partial charge in [-0.2, -0.15) is 0 Å². The molecule has 0 saturated carbocycles. The van der Waals surface area contributed by atoms with E-state index in [0.29, 0.717) is 0 Å². The van der Waals surface area contributed by atoms with Gasteiger partial charge in [0.2, 0.25) is 6.61 Å². The van der Waals surface area contributed by atoms with Crippen molar-refractivity contribution in [2.24, 2.45) is 0 Å². The van der Waals surface area contributed by atoms with E-state index >= 15 is 0 Å². The number of methoxy groups -OCH3 is 1. The summed E-state index contributed by atoms with van der Waals surface area (Å²) >= 11 is 0. The van der Waals surface area contributed by atoms with Crippen LogP contribution in [0.2, 0.25) is 0 Å². The standard InChI is InChI=1S/C7H9NOS2.C4H8O4/c9-5-6-10-11-7-3-1-2-4-8-7;1-7-3-8-2-4(5)6/h1-4,9H,5-6H2;2-3H2,1H3,(H,5,6)/p+1. The minimum absolute atomic E-state index is 0.0740. The first kappa shape index (κ1) is 18.2. The summed E-state index contributed by atoms with van der Waals surface area (Å²) < 4.78 is 8.92. The predicted octanol–water partition coefficient (Wildman–Crippen LogP) is 0.672. The maximum atomic E-state index is 9.80. The first-order valence-corrected chi connectivity index (χ1v) is 7.65. The zero-order valence-corrected chi connectivity index (χ0v) is 12.2. The van der Waals surface area contributed by atoms with E-state index < -0.39 is 5.97 Å². The van der Waals surface area contributed by atoms with Crippen molar-refractivity contribution in [2.45, 2.75) is 5.03 Å². The first-order chi connectivity index (χ1) is 9.20. The lowest BCUT2D eigenvalue weighted by atomic mass is 10.5. The number of aliphatic hydroxyl groups is 1. The molecule has 6 nitrogen and oxygen atoms in total. The Kier molecular flexibility index (Phi) is 13.1. The van der Waals surface area contributed by atoms with E-state index in [1.165, 1.54) is 7.11 Å². The van der Waals surface area contributed by atoms with Gasteiger partial charge in [0.25, 0.3) is 0 Å². The van der Waals surface area contributed by atoms with E-state index in [1.807, 2.05) is 18.2 Å². The number of pyridine rings is 1. The Labute approximate surface area is 119 Å². The van der Waals surface area contributed by atoms with Gasteiger partial charge in [-0.25, -0.2) is 4.98 Å². The van der Waals surface area contributed by atoms with Gasteiger partial charge in [0, 0.05) is 23.9 Å². The minimum Gasteiger partial charge on any atom is -0.563 e. The summed E-state index contributed by atoms with van der Waals surface area (Å²) in [6.45, 7) is 0.114. The first-order valence-electron chi connectivity index (χ1n) is 5.33. The summed E-state index contributed by atoms with van der Waals surface area (Å²) in [6.07, 6.45) is 1.77. The van der Waals surface area contributed by atoms with Crippen LogP contribution in [-0.4, -0.2) is 54.0 Å². The van der Waals surface area contributed by atoms with Crippen LogP contribution in [0.15, 0.2) is 29.4 Å². The number of hydrogen-bond acceptors (Lipinski definition) is 7. The molecule has 0 aliphatic carbocycles. The van der Waals surface area contributed by atoms with E-state index in [0.717, 1.165) is 10.8 Å². The van der Waals surface area contributed by atoms with Crippen LogP contribution in [-0.2, 0) is 14.3 Å². The summed E-state index contributed by atoms with van der Waals surface area (Å²) in [5.41, 5.74) is 0. The SMILES string of the molecule is COCOCC(=O)[OH2+].OCCSSc1ccccn1. The van der Waals surface area contributed by atoms with Crippen molar-refractivity contribution in [3.8, 4) is 0 Å². The molecule has 0 saturated heterocycles. The molecule has 0 aliphatic rings. The third-order valence-electron chi connectivity index (χ3n) is 1.39. The summed E-state index contributed by atoms with van der Waals surface area (Å²) in [4.78, 5) is 13.9. The number of rotatable bonds is 8. The Morgan fingerprint density at radius 3 is 2.84 bits per heavy atom. The molecule has 0 aromatic carbocycles. The molecule has 1 aromatic heterocycles. The van der Waals surface area contributed by atoms with Gasteiger partial charge in [0.1, 0.15) is 11.8 Å². The summed E-state index contributed by atoms with van der Waals surface area (Å²) in [7, 11) is 4.65. The fourth-order valence-corrected chi connectivity index (χ4v) is 2.40. The topological polar surface area (TPSA) is 91.5 Å². The number of hydrogen-bond donors (Lipinski definition) is 1. The van der Waals surface area contributed by atoms with Gasteiger partial charge >= 0.3 is 5.97 Å². The molecule has 0 radical (unpaired) electrons. The quantitative estimate of drug-likeness (QED) is 0.326. The van der Waals surface area contributed by atoms with Crippen molar-refractivity contribution in [2.75, 3.05) is 32.9 Å². The number of carbonyl (C=O) groups is 1. The number of nitrogens with zero attached hydrogens (tertiary/aromatic N) is 1. The van der Waals surface area contributed by atoms with Crippen LogP contribution in [0.3, 0.4) is 0 Å². The molecule has 0 bridgehead atoms. The van der Waals surface area contributed by atoms with Gasteiger partial charge in [0.05, 0.1) is 6.61 Å². The second-order valence-electron chi connectivity index (χ2n) is 2.98. The molecule has 0 amide bonds. The van der Waals surface area contributed by atoms with Crippen molar-refractivity contribution in [3.63, 3.8) is 0 Å². The Bertz CT molecular complexity index is 326. The smallest absolute Gasteiger partial charge is 0.542 e. The fraction of sp³-hybridized carbons (Fsp3) is 0.455. The average Bonchev–Trinajstić information content (AvgIpc) is 2.41. The highest BCUT2D eigenvalue weighted by Crippen LogP contribution is 2.27. The Balaban J connectivity index is 0.000000362. The monoisotopic (exact) mass is 308 g/mol. The molecule has 0 atom stereocenters. The summed E-state index contributed by atoms with van der Waals surface area (Å²) in [6, 6.07) is 5.80. The van der Waals surface area contributed by atoms with Gasteiger partial charge in [-0.3, -0.25) is 0 Å². The molecular formula is C11H18NO5S2+. The number of aliphatic hydroxyl groups excluding tert-OH is 1. The maximum Gasteiger partial charge on any atom is 0.542 e. The van der Waals surface area contributed by atoms with Gasteiger partial charge < -0.3 is 19.7 Å². The molecule has 1 rings (SSSR count). The highest BCUT2D eigenvalue weighted by molar-refractivity contribution is 8.76. The van der Waals surface area contributed by atoms with Gasteiger partial charge in [-0.05, 0) is 22.9 Å². The second kappa shape index (κ2) is 13.6. The van der Waals surface area contributed by atoms with Crippen LogP contribution < -0.4 is 0 Å². The van der Waals surface area contributed by atoms with Crippen LogP contribution in [0.25, 0.3) is 0 Å². The van der Waals surface area contributed by atoms with E-state index in [-0.39, 0.29) is 20.0 Å². The van der Waals surface area contributed by atoms with Crippen molar-refractivity contribution in [1.29, 1.82) is 0 Å². The number of ether oxygens (including phenoxy) is 2. The van der Waals surface area contributed by atoms with Crippen molar-refractivity contribution in [1.82, 2.24) is 4.98 Å². The zero-order chi connectivity index (χ0) is 14.3. The van der Waals surface area contributed by atoms with E-state index in [9.17, 15) is 4.79 Å². The highest BCUT2D eigenvalue weighted by atomic mass is 33.1. The zero-order valence-electron chi connectivity index (χ0n) is 10.6. The molecule has 1 aromatic rings. The average molecular weight is 308 g/mol. The lowest BCUT2D eigenvalue weighted by molar-refractivity contribution is -0.146. The third kappa shape index (κ3) is 13.4. The van der Waals surface area contributed by atoms with Crippen molar-refractivity contribution >= 4 is 27.6 Å². The number of carbonyl (C=O) groups excluding carboxylic acids is 1. The molecule has 108 valence electrons. The third-order valence-corrected chi connectivity index (χ3v) is 3.64. The predicted molar refractivity (Wildman–Crippen MR) is 76.1 cm³/mol. The molecular weight excluding hydrogens is 290 g/mol. The minimum atomic E-state index is -0.734. The van der Waals surface area contributed by atoms with Crippen LogP contribution in [0, 0.1) is 0 Å². The van der Waals surface area contributed by atoms with Crippen LogP contribution in [0.1, 0.15) is 0 Å². The normalized spacial score (nSPS) is 9.58. The van der Waals surface area contributed by atoms with Crippen molar-refractivity contribution < 1.29 is 24.5 Å². The van der Waals surface area contributed by atoms with Gasteiger partial charge in [-0.15, -0.1) is 0 Å². The lowest BCUT2D eigenvalue weighted by Crippen LogP contribution is -2.08. The lowest BCUT2D eigenvalue weighted by Gasteiger charge is -1.95. The molecule has 19 heavy (non-hydrogen) atoms. The summed E-state index contributed by atoms with van der Waals surface area (Å²) in [5.74, 6) is 0.0170. The Morgan fingerprint density at radius 1 is 1.53 bits per heavy atom. The van der Waals surface area contributed by atoms with Gasteiger partial charge in [-0.1, -0.05) is 16.9 Å². The van der Waals surface area contributed by atoms with Crippen molar-refractivity contribution in [3.05, 3.63) is 24.4 Å². The molecule has 0 aliphatic heterocycles. The molecule has 1 heterocycles. The second-order valence-corrected chi connectivity index (χ2v) is 5.41. The largest absolute Gasteiger partial charge is 0.563 e. The molecule has 8 heteroatoms. The van der Waals surface area contributed by atoms with E-state index in [2.05, 4.69) is 14.5 Å². The van der Waals surface area contributed by atoms with E-state index in [1.54, 1.807) is 27.8 Å². The fourth-order valence-electron chi connectivity index (χ4n) is 0.753. The Morgan fingerprint density at radius 2 is 2.32 bits per heavy atom. The highest BCUT2D eigenvalue weighted by Gasteiger charge is 2.02.